The van der Waals surface area contributed by atoms with E-state index in [2.05, 4.69) is 5.32 Å². The lowest BCUT2D eigenvalue weighted by molar-refractivity contribution is -0.153. The number of esters is 1. The SMILES string of the molecule is COc1cccc(NC(=O)[C@H](OC(=O)[C@@H](C)Sc2ccccc2)c2ccccc2)c1. The Bertz CT molecular complexity index is 979. The number of amides is 1. The van der Waals surface area contributed by atoms with Crippen molar-refractivity contribution in [2.75, 3.05) is 12.4 Å². The number of rotatable bonds is 8. The molecule has 154 valence electrons. The van der Waals surface area contributed by atoms with Crippen LogP contribution in [0.3, 0.4) is 0 Å². The van der Waals surface area contributed by atoms with Crippen molar-refractivity contribution in [3.05, 3.63) is 90.5 Å². The molecule has 2 atom stereocenters. The number of methoxy groups -OCH3 is 1. The Kier molecular flexibility index (Phi) is 7.51. The summed E-state index contributed by atoms with van der Waals surface area (Å²) in [5.74, 6) is -0.271. The average Bonchev–Trinajstić information content (AvgIpc) is 2.78. The lowest BCUT2D eigenvalue weighted by atomic mass is 10.1. The molecule has 1 N–H and O–H groups in total. The van der Waals surface area contributed by atoms with Gasteiger partial charge in [-0.1, -0.05) is 54.6 Å². The fraction of sp³-hybridized carbons (Fsp3) is 0.167. The molecule has 0 aliphatic carbocycles. The van der Waals surface area contributed by atoms with Crippen LogP contribution in [0.2, 0.25) is 0 Å². The zero-order valence-electron chi connectivity index (χ0n) is 16.8. The third-order valence-corrected chi connectivity index (χ3v) is 5.39. The molecule has 0 bridgehead atoms. The molecule has 3 aromatic rings. The van der Waals surface area contributed by atoms with E-state index in [0.29, 0.717) is 17.0 Å². The molecule has 5 nitrogen and oxygen atoms in total. The average molecular weight is 422 g/mol. The second-order valence-corrected chi connectivity index (χ2v) is 7.94. The van der Waals surface area contributed by atoms with Gasteiger partial charge in [0.2, 0.25) is 6.10 Å². The first-order chi connectivity index (χ1) is 14.6. The Morgan fingerprint density at radius 2 is 1.57 bits per heavy atom. The summed E-state index contributed by atoms with van der Waals surface area (Å²) in [4.78, 5) is 26.7. The number of nitrogens with one attached hydrogen (secondary N) is 1. The summed E-state index contributed by atoms with van der Waals surface area (Å²) in [5, 5.41) is 2.34. The number of thioether (sulfide) groups is 1. The molecule has 0 aromatic heterocycles. The van der Waals surface area contributed by atoms with Gasteiger partial charge in [-0.3, -0.25) is 9.59 Å². The molecule has 0 heterocycles. The Hall–Kier alpha value is -3.25. The minimum atomic E-state index is -1.07. The van der Waals surface area contributed by atoms with Crippen LogP contribution in [0.5, 0.6) is 5.75 Å². The zero-order valence-corrected chi connectivity index (χ0v) is 17.6. The lowest BCUT2D eigenvalue weighted by Gasteiger charge is -2.20. The first-order valence-electron chi connectivity index (χ1n) is 9.49. The third kappa shape index (κ3) is 5.87. The minimum absolute atomic E-state index is 0.431. The second kappa shape index (κ2) is 10.5. The molecule has 3 aromatic carbocycles. The van der Waals surface area contributed by atoms with Gasteiger partial charge in [0.15, 0.2) is 0 Å². The number of hydrogen-bond donors (Lipinski definition) is 1. The smallest absolute Gasteiger partial charge is 0.320 e. The van der Waals surface area contributed by atoms with E-state index in [0.717, 1.165) is 4.90 Å². The second-order valence-electron chi connectivity index (χ2n) is 6.52. The summed E-state index contributed by atoms with van der Waals surface area (Å²) in [5.41, 5.74) is 1.16. The van der Waals surface area contributed by atoms with Gasteiger partial charge in [0.1, 0.15) is 11.0 Å². The van der Waals surface area contributed by atoms with Crippen molar-refractivity contribution in [3.63, 3.8) is 0 Å². The molecule has 3 rings (SSSR count). The van der Waals surface area contributed by atoms with E-state index in [-0.39, 0.29) is 0 Å². The van der Waals surface area contributed by atoms with Gasteiger partial charge in [0.25, 0.3) is 5.91 Å². The summed E-state index contributed by atoms with van der Waals surface area (Å²) in [6.07, 6.45) is -1.07. The van der Waals surface area contributed by atoms with Crippen molar-refractivity contribution in [2.24, 2.45) is 0 Å². The van der Waals surface area contributed by atoms with Crippen LogP contribution in [-0.4, -0.2) is 24.2 Å². The number of carbonyl (C=O) groups is 2. The molecule has 0 aliphatic rings. The summed E-state index contributed by atoms with van der Waals surface area (Å²) in [7, 11) is 1.56. The van der Waals surface area contributed by atoms with Gasteiger partial charge < -0.3 is 14.8 Å². The van der Waals surface area contributed by atoms with Crippen molar-refractivity contribution in [3.8, 4) is 5.75 Å². The molecule has 30 heavy (non-hydrogen) atoms. The fourth-order valence-electron chi connectivity index (χ4n) is 2.77. The summed E-state index contributed by atoms with van der Waals surface area (Å²) >= 11 is 1.39. The maximum Gasteiger partial charge on any atom is 0.320 e. The van der Waals surface area contributed by atoms with Crippen LogP contribution in [0.15, 0.2) is 89.8 Å². The topological polar surface area (TPSA) is 64.6 Å². The van der Waals surface area contributed by atoms with Crippen molar-refractivity contribution in [2.45, 2.75) is 23.2 Å². The molecule has 0 radical (unpaired) electrons. The van der Waals surface area contributed by atoms with E-state index in [1.54, 1.807) is 62.6 Å². The number of carbonyl (C=O) groups excluding carboxylic acids is 2. The molecule has 0 aliphatic heterocycles. The van der Waals surface area contributed by atoms with Crippen LogP contribution >= 0.6 is 11.8 Å². The Balaban J connectivity index is 1.75. The van der Waals surface area contributed by atoms with Crippen LogP contribution in [0, 0.1) is 0 Å². The normalized spacial score (nSPS) is 12.5. The monoisotopic (exact) mass is 421 g/mol. The maximum atomic E-state index is 13.0. The van der Waals surface area contributed by atoms with Gasteiger partial charge >= 0.3 is 5.97 Å². The Labute approximate surface area is 180 Å². The van der Waals surface area contributed by atoms with E-state index in [1.807, 2.05) is 36.4 Å². The maximum absolute atomic E-state index is 13.0. The molecular weight excluding hydrogens is 398 g/mol. The first-order valence-corrected chi connectivity index (χ1v) is 10.4. The van der Waals surface area contributed by atoms with Gasteiger partial charge in [-0.05, 0) is 31.2 Å². The highest BCUT2D eigenvalue weighted by atomic mass is 32.2. The molecular formula is C24H23NO4S. The lowest BCUT2D eigenvalue weighted by Crippen LogP contribution is -2.28. The Morgan fingerprint density at radius 3 is 2.23 bits per heavy atom. The van der Waals surface area contributed by atoms with Gasteiger partial charge in [-0.15, -0.1) is 11.8 Å². The van der Waals surface area contributed by atoms with E-state index < -0.39 is 23.2 Å². The van der Waals surface area contributed by atoms with Crippen molar-refractivity contribution < 1.29 is 19.1 Å². The Morgan fingerprint density at radius 1 is 0.900 bits per heavy atom. The zero-order chi connectivity index (χ0) is 21.3. The predicted octanol–water partition coefficient (Wildman–Crippen LogP) is 5.10. The van der Waals surface area contributed by atoms with E-state index >= 15 is 0 Å². The van der Waals surface area contributed by atoms with Crippen LogP contribution in [-0.2, 0) is 14.3 Å². The van der Waals surface area contributed by atoms with Crippen LogP contribution in [0.25, 0.3) is 0 Å². The largest absolute Gasteiger partial charge is 0.497 e. The highest BCUT2D eigenvalue weighted by molar-refractivity contribution is 8.00. The quantitative estimate of drug-likeness (QED) is 0.405. The molecule has 6 heteroatoms. The van der Waals surface area contributed by atoms with Crippen molar-refractivity contribution in [1.82, 2.24) is 0 Å². The molecule has 0 fully saturated rings. The van der Waals surface area contributed by atoms with Crippen molar-refractivity contribution >= 4 is 29.3 Å². The summed E-state index contributed by atoms with van der Waals surface area (Å²) in [6.45, 7) is 1.77. The van der Waals surface area contributed by atoms with Crippen LogP contribution in [0.1, 0.15) is 18.6 Å². The van der Waals surface area contributed by atoms with Gasteiger partial charge in [-0.25, -0.2) is 0 Å². The molecule has 0 saturated heterocycles. The van der Waals surface area contributed by atoms with E-state index in [1.165, 1.54) is 11.8 Å². The number of anilines is 1. The van der Waals surface area contributed by atoms with E-state index in [4.69, 9.17) is 9.47 Å². The van der Waals surface area contributed by atoms with Gasteiger partial charge in [-0.2, -0.15) is 0 Å². The third-order valence-electron chi connectivity index (χ3n) is 4.30. The van der Waals surface area contributed by atoms with Crippen molar-refractivity contribution in [1.29, 1.82) is 0 Å². The molecule has 0 spiro atoms. The van der Waals surface area contributed by atoms with Gasteiger partial charge in [0.05, 0.1) is 7.11 Å². The highest BCUT2D eigenvalue weighted by Gasteiger charge is 2.28. The number of benzene rings is 3. The van der Waals surface area contributed by atoms with E-state index in [9.17, 15) is 9.59 Å². The first kappa shape index (κ1) is 21.5. The molecule has 0 saturated carbocycles. The summed E-state index contributed by atoms with van der Waals surface area (Å²) < 4.78 is 10.9. The molecule has 0 unspecified atom stereocenters. The minimum Gasteiger partial charge on any atom is -0.497 e. The predicted molar refractivity (Wildman–Crippen MR) is 119 cm³/mol. The van der Waals surface area contributed by atoms with Crippen LogP contribution in [0.4, 0.5) is 5.69 Å². The van der Waals surface area contributed by atoms with Gasteiger partial charge in [0, 0.05) is 22.2 Å². The fourth-order valence-corrected chi connectivity index (χ4v) is 3.65. The standard InChI is InChI=1S/C24H23NO4S/c1-17(30-21-14-7-4-8-15-21)24(27)29-22(18-10-5-3-6-11-18)23(26)25-19-12-9-13-20(16-19)28-2/h3-17,22H,1-2H3,(H,25,26)/t17-,22-/m1/s1. The molecule has 1 amide bonds. The highest BCUT2D eigenvalue weighted by Crippen LogP contribution is 2.27. The van der Waals surface area contributed by atoms with Crippen LogP contribution < -0.4 is 10.1 Å². The number of hydrogen-bond acceptors (Lipinski definition) is 5. The summed E-state index contributed by atoms with van der Waals surface area (Å²) in [6, 6.07) is 25.6. The number of ether oxygens (including phenoxy) is 2.